The highest BCUT2D eigenvalue weighted by Crippen LogP contribution is 2.25. The van der Waals surface area contributed by atoms with E-state index in [9.17, 15) is 4.79 Å². The molecule has 2 aromatic heterocycles. The van der Waals surface area contributed by atoms with Crippen LogP contribution >= 0.6 is 0 Å². The zero-order valence-electron chi connectivity index (χ0n) is 13.6. The first-order chi connectivity index (χ1) is 11.7. The summed E-state index contributed by atoms with van der Waals surface area (Å²) in [5.41, 5.74) is 2.56. The quantitative estimate of drug-likeness (QED) is 0.582. The maximum Gasteiger partial charge on any atom is 0.334 e. The molecule has 0 amide bonds. The minimum absolute atomic E-state index is 0.0745. The molecule has 5 nitrogen and oxygen atoms in total. The van der Waals surface area contributed by atoms with Crippen molar-refractivity contribution in [1.29, 1.82) is 0 Å². The summed E-state index contributed by atoms with van der Waals surface area (Å²) in [7, 11) is 1.63. The number of imidazole rings is 1. The molecule has 0 saturated heterocycles. The van der Waals surface area contributed by atoms with E-state index >= 15 is 0 Å². The third-order valence-electron chi connectivity index (χ3n) is 4.32. The number of nitrogens with zero attached hydrogens (tertiary/aromatic N) is 3. The van der Waals surface area contributed by atoms with E-state index < -0.39 is 0 Å². The van der Waals surface area contributed by atoms with Gasteiger partial charge in [0.15, 0.2) is 0 Å². The van der Waals surface area contributed by atoms with Gasteiger partial charge in [-0.1, -0.05) is 18.2 Å². The number of fused-ring (bicyclic) bond motifs is 3. The van der Waals surface area contributed by atoms with Gasteiger partial charge in [0.2, 0.25) is 0 Å². The van der Waals surface area contributed by atoms with Gasteiger partial charge in [-0.2, -0.15) is 0 Å². The minimum atomic E-state index is -0.0745. The van der Waals surface area contributed by atoms with Crippen molar-refractivity contribution in [3.8, 4) is 17.1 Å². The highest BCUT2D eigenvalue weighted by atomic mass is 16.5. The summed E-state index contributed by atoms with van der Waals surface area (Å²) in [5, 5.41) is 1.02. The van der Waals surface area contributed by atoms with E-state index in [4.69, 9.17) is 4.74 Å². The minimum Gasteiger partial charge on any atom is -0.497 e. The Morgan fingerprint density at radius 2 is 1.79 bits per heavy atom. The van der Waals surface area contributed by atoms with Crippen molar-refractivity contribution in [2.45, 2.75) is 13.5 Å². The summed E-state index contributed by atoms with van der Waals surface area (Å²) in [6, 6.07) is 15.5. The molecular formula is C19H17N3O2. The van der Waals surface area contributed by atoms with Crippen molar-refractivity contribution in [2.75, 3.05) is 7.11 Å². The second-order valence-corrected chi connectivity index (χ2v) is 5.57. The molecule has 120 valence electrons. The molecule has 0 unspecified atom stereocenters. The molecule has 2 heterocycles. The molecule has 24 heavy (non-hydrogen) atoms. The van der Waals surface area contributed by atoms with Crippen molar-refractivity contribution < 1.29 is 4.74 Å². The molecule has 0 saturated carbocycles. The van der Waals surface area contributed by atoms with Crippen LogP contribution < -0.4 is 10.4 Å². The number of para-hydroxylation sites is 1. The number of aryl methyl sites for hydroxylation is 1. The van der Waals surface area contributed by atoms with Crippen molar-refractivity contribution in [1.82, 2.24) is 14.0 Å². The molecular weight excluding hydrogens is 302 g/mol. The van der Waals surface area contributed by atoms with E-state index in [1.165, 1.54) is 0 Å². The predicted octanol–water partition coefficient (Wildman–Crippen LogP) is 3.34. The van der Waals surface area contributed by atoms with Crippen LogP contribution in [0, 0.1) is 0 Å². The van der Waals surface area contributed by atoms with Crippen LogP contribution in [0.5, 0.6) is 5.75 Å². The number of rotatable bonds is 3. The smallest absolute Gasteiger partial charge is 0.334 e. The standard InChI is InChI=1S/C19H17N3O2/c1-3-21-16-7-5-4-6-15(16)17-12-20-18(22(17)19(21)23)13-8-10-14(24-2)11-9-13/h4-12H,3H2,1-2H3. The fraction of sp³-hybridized carbons (Fsp3) is 0.158. The van der Waals surface area contributed by atoms with E-state index in [-0.39, 0.29) is 5.69 Å². The Morgan fingerprint density at radius 1 is 1.04 bits per heavy atom. The maximum absolute atomic E-state index is 13.0. The SMILES string of the molecule is CCn1c(=O)n2c(-c3ccc(OC)cc3)ncc2c2ccccc21. The van der Waals surface area contributed by atoms with Gasteiger partial charge in [0.25, 0.3) is 0 Å². The number of methoxy groups -OCH3 is 1. The number of ether oxygens (including phenoxy) is 1. The highest BCUT2D eigenvalue weighted by molar-refractivity contribution is 5.94. The molecule has 0 radical (unpaired) electrons. The van der Waals surface area contributed by atoms with Gasteiger partial charge in [-0.15, -0.1) is 0 Å². The molecule has 0 atom stereocenters. The summed E-state index contributed by atoms with van der Waals surface area (Å²) in [6.07, 6.45) is 1.77. The predicted molar refractivity (Wildman–Crippen MR) is 94.6 cm³/mol. The third kappa shape index (κ3) is 2.01. The molecule has 4 aromatic rings. The van der Waals surface area contributed by atoms with Crippen LogP contribution in [0.3, 0.4) is 0 Å². The summed E-state index contributed by atoms with van der Waals surface area (Å²) >= 11 is 0. The molecule has 0 aliphatic rings. The van der Waals surface area contributed by atoms with E-state index in [0.717, 1.165) is 27.7 Å². The Bertz CT molecular complexity index is 1090. The molecule has 0 fully saturated rings. The molecule has 5 heteroatoms. The van der Waals surface area contributed by atoms with Gasteiger partial charge >= 0.3 is 5.69 Å². The van der Waals surface area contributed by atoms with E-state index in [1.807, 2.05) is 55.5 Å². The Labute approximate surface area is 138 Å². The fourth-order valence-electron chi connectivity index (χ4n) is 3.13. The molecule has 2 aromatic carbocycles. The van der Waals surface area contributed by atoms with Crippen LogP contribution in [0.2, 0.25) is 0 Å². The summed E-state index contributed by atoms with van der Waals surface area (Å²) in [6.45, 7) is 2.58. The first kappa shape index (κ1) is 14.5. The van der Waals surface area contributed by atoms with Crippen molar-refractivity contribution in [2.24, 2.45) is 0 Å². The number of hydrogen-bond donors (Lipinski definition) is 0. The summed E-state index contributed by atoms with van der Waals surface area (Å²) < 4.78 is 8.66. The van der Waals surface area contributed by atoms with Crippen LogP contribution in [0.25, 0.3) is 27.8 Å². The molecule has 4 rings (SSSR count). The largest absolute Gasteiger partial charge is 0.497 e. The fourth-order valence-corrected chi connectivity index (χ4v) is 3.13. The zero-order valence-corrected chi connectivity index (χ0v) is 13.6. The van der Waals surface area contributed by atoms with Gasteiger partial charge in [0.05, 0.1) is 24.3 Å². The Balaban J connectivity index is 2.08. The van der Waals surface area contributed by atoms with Gasteiger partial charge < -0.3 is 4.74 Å². The normalized spacial score (nSPS) is 11.2. The van der Waals surface area contributed by atoms with Gasteiger partial charge in [-0.3, -0.25) is 4.57 Å². The highest BCUT2D eigenvalue weighted by Gasteiger charge is 2.15. The van der Waals surface area contributed by atoms with Gasteiger partial charge in [0, 0.05) is 17.5 Å². The topological polar surface area (TPSA) is 48.5 Å². The monoisotopic (exact) mass is 319 g/mol. The van der Waals surface area contributed by atoms with Gasteiger partial charge in [-0.25, -0.2) is 14.2 Å². The Hall–Kier alpha value is -3.08. The van der Waals surface area contributed by atoms with Gasteiger partial charge in [0.1, 0.15) is 11.6 Å². The first-order valence-corrected chi connectivity index (χ1v) is 7.88. The lowest BCUT2D eigenvalue weighted by Gasteiger charge is -2.11. The van der Waals surface area contributed by atoms with Crippen LogP contribution in [-0.2, 0) is 6.54 Å². The average molecular weight is 319 g/mol. The average Bonchev–Trinajstić information content (AvgIpc) is 3.08. The second-order valence-electron chi connectivity index (χ2n) is 5.57. The van der Waals surface area contributed by atoms with E-state index in [2.05, 4.69) is 4.98 Å². The molecule has 0 aliphatic heterocycles. The van der Waals surface area contributed by atoms with Gasteiger partial charge in [-0.05, 0) is 37.3 Å². The van der Waals surface area contributed by atoms with Crippen LogP contribution in [0.4, 0.5) is 0 Å². The number of hydrogen-bond acceptors (Lipinski definition) is 3. The lowest BCUT2D eigenvalue weighted by Crippen LogP contribution is -2.26. The van der Waals surface area contributed by atoms with E-state index in [1.54, 1.807) is 22.3 Å². The third-order valence-corrected chi connectivity index (χ3v) is 4.32. The lowest BCUT2D eigenvalue weighted by atomic mass is 10.2. The molecule has 0 N–H and O–H groups in total. The Morgan fingerprint density at radius 3 is 2.50 bits per heavy atom. The lowest BCUT2D eigenvalue weighted by molar-refractivity contribution is 0.415. The summed E-state index contributed by atoms with van der Waals surface area (Å²) in [4.78, 5) is 17.5. The molecule has 0 spiro atoms. The summed E-state index contributed by atoms with van der Waals surface area (Å²) in [5.74, 6) is 1.42. The maximum atomic E-state index is 13.0. The van der Waals surface area contributed by atoms with Crippen molar-refractivity contribution in [3.05, 3.63) is 65.2 Å². The van der Waals surface area contributed by atoms with Crippen LogP contribution in [0.1, 0.15) is 6.92 Å². The molecule has 0 bridgehead atoms. The van der Waals surface area contributed by atoms with Crippen molar-refractivity contribution >= 4 is 16.4 Å². The molecule has 0 aliphatic carbocycles. The van der Waals surface area contributed by atoms with Crippen LogP contribution in [-0.4, -0.2) is 21.1 Å². The van der Waals surface area contributed by atoms with Crippen LogP contribution in [0.15, 0.2) is 59.5 Å². The Kier molecular flexibility index (Phi) is 3.34. The first-order valence-electron chi connectivity index (χ1n) is 7.88. The second kappa shape index (κ2) is 5.53. The van der Waals surface area contributed by atoms with Crippen molar-refractivity contribution in [3.63, 3.8) is 0 Å². The number of benzene rings is 2. The number of aromatic nitrogens is 3. The van der Waals surface area contributed by atoms with E-state index in [0.29, 0.717) is 12.4 Å². The zero-order chi connectivity index (χ0) is 16.7.